The van der Waals surface area contributed by atoms with Gasteiger partial charge in [0.25, 0.3) is 0 Å². The number of rotatable bonds is 9. The number of carboxylic acid groups (broad SMARTS) is 2. The van der Waals surface area contributed by atoms with Crippen molar-refractivity contribution in [1.29, 1.82) is 0 Å². The summed E-state index contributed by atoms with van der Waals surface area (Å²) in [5.74, 6) is -5.89. The summed E-state index contributed by atoms with van der Waals surface area (Å²) < 4.78 is 4.11. The molecule has 0 aliphatic carbocycles. The molecule has 0 saturated carbocycles. The fourth-order valence-electron chi connectivity index (χ4n) is 1.24. The molecule has 0 rings (SSSR count). The number of carbonyl (C=O) groups excluding carboxylic acids is 1. The Labute approximate surface area is 122 Å². The van der Waals surface area contributed by atoms with Crippen molar-refractivity contribution in [3.8, 4) is 0 Å². The van der Waals surface area contributed by atoms with Crippen LogP contribution in [0, 0.1) is 0 Å². The first-order valence-electron chi connectivity index (χ1n) is 5.71. The van der Waals surface area contributed by atoms with Gasteiger partial charge in [-0.15, -0.1) is 0 Å². The Balaban J connectivity index is 5.02. The summed E-state index contributed by atoms with van der Waals surface area (Å²) in [6.07, 6.45) is -14.3. The Morgan fingerprint density at radius 3 is 1.68 bits per heavy atom. The van der Waals surface area contributed by atoms with Crippen molar-refractivity contribution in [2.45, 2.75) is 36.6 Å². The molecule has 0 saturated heterocycles. The van der Waals surface area contributed by atoms with Gasteiger partial charge >= 0.3 is 17.9 Å². The lowest BCUT2D eigenvalue weighted by Crippen LogP contribution is -2.52. The molecule has 12 nitrogen and oxygen atoms in total. The maximum atomic E-state index is 11.3. The summed E-state index contributed by atoms with van der Waals surface area (Å²) in [5, 5.41) is 71.6. The first-order valence-corrected chi connectivity index (χ1v) is 5.71. The minimum atomic E-state index is -2.65. The monoisotopic (exact) mass is 328 g/mol. The summed E-state index contributed by atoms with van der Waals surface area (Å²) in [7, 11) is 0. The third kappa shape index (κ3) is 5.18. The molecule has 12 heteroatoms. The lowest BCUT2D eigenvalue weighted by molar-refractivity contribution is -0.192. The Morgan fingerprint density at radius 1 is 0.818 bits per heavy atom. The number of hydrogen-bond donors (Lipinski definition) is 8. The quantitative estimate of drug-likeness (QED) is 0.186. The van der Waals surface area contributed by atoms with Gasteiger partial charge in [-0.2, -0.15) is 0 Å². The highest BCUT2D eigenvalue weighted by Gasteiger charge is 2.41. The minimum absolute atomic E-state index is 1.04. The highest BCUT2D eigenvalue weighted by Crippen LogP contribution is 2.11. The number of aliphatic hydroxyl groups excluding tert-OH is 6. The first kappa shape index (κ1) is 20.2. The molecule has 2 unspecified atom stereocenters. The van der Waals surface area contributed by atoms with E-state index in [9.17, 15) is 24.6 Å². The molecule has 0 amide bonds. The molecule has 0 bridgehead atoms. The van der Waals surface area contributed by atoms with Crippen LogP contribution in [0.1, 0.15) is 0 Å². The van der Waals surface area contributed by atoms with Crippen LogP contribution in [0.25, 0.3) is 0 Å². The fourth-order valence-corrected chi connectivity index (χ4v) is 1.24. The maximum Gasteiger partial charge on any atom is 0.347 e. The van der Waals surface area contributed by atoms with Crippen molar-refractivity contribution >= 4 is 17.9 Å². The van der Waals surface area contributed by atoms with Crippen LogP contribution < -0.4 is 0 Å². The molecule has 8 N–H and O–H groups in total. The van der Waals surface area contributed by atoms with Crippen LogP contribution in [0.3, 0.4) is 0 Å². The lowest BCUT2D eigenvalue weighted by atomic mass is 10.0. The summed E-state index contributed by atoms with van der Waals surface area (Å²) in [6.45, 7) is -1.04. The van der Waals surface area contributed by atoms with Crippen molar-refractivity contribution in [1.82, 2.24) is 0 Å². The van der Waals surface area contributed by atoms with Gasteiger partial charge in [-0.3, -0.25) is 0 Å². The second kappa shape index (κ2) is 8.57. The third-order valence-electron chi connectivity index (χ3n) is 2.52. The van der Waals surface area contributed by atoms with Crippen LogP contribution in [0.5, 0.6) is 0 Å². The smallest absolute Gasteiger partial charge is 0.347 e. The summed E-state index contributed by atoms with van der Waals surface area (Å²) >= 11 is 0. The van der Waals surface area contributed by atoms with Gasteiger partial charge in [-0.1, -0.05) is 0 Å². The molecule has 0 radical (unpaired) electrons. The molecule has 128 valence electrons. The molecule has 0 aromatic carbocycles. The summed E-state index contributed by atoms with van der Waals surface area (Å²) in [5.41, 5.74) is 0. The number of carbonyl (C=O) groups is 3. The summed E-state index contributed by atoms with van der Waals surface area (Å²) in [6, 6.07) is 0. The van der Waals surface area contributed by atoms with Gasteiger partial charge in [0.15, 0.2) is 12.2 Å². The van der Waals surface area contributed by atoms with Crippen LogP contribution in [0.15, 0.2) is 0 Å². The zero-order valence-corrected chi connectivity index (χ0v) is 10.9. The van der Waals surface area contributed by atoms with E-state index in [1.807, 2.05) is 0 Å². The van der Waals surface area contributed by atoms with Crippen LogP contribution in [-0.2, 0) is 19.1 Å². The topological polar surface area (TPSA) is 222 Å². The van der Waals surface area contributed by atoms with E-state index < -0.39 is 61.1 Å². The van der Waals surface area contributed by atoms with Crippen molar-refractivity contribution < 1.29 is 60.0 Å². The van der Waals surface area contributed by atoms with Crippen molar-refractivity contribution in [2.24, 2.45) is 0 Å². The Morgan fingerprint density at radius 2 is 1.32 bits per heavy atom. The van der Waals surface area contributed by atoms with Crippen LogP contribution in [0.4, 0.5) is 0 Å². The normalized spacial score (nSPS) is 19.4. The predicted octanol–water partition coefficient (Wildman–Crippen LogP) is -5.14. The predicted molar refractivity (Wildman–Crippen MR) is 62.3 cm³/mol. The highest BCUT2D eigenvalue weighted by molar-refractivity contribution is 5.86. The van der Waals surface area contributed by atoms with Crippen LogP contribution in [0.2, 0.25) is 0 Å². The first-order chi connectivity index (χ1) is 10.0. The fraction of sp³-hybridized carbons (Fsp3) is 0.700. The number of hydrogen-bond acceptors (Lipinski definition) is 10. The van der Waals surface area contributed by atoms with Gasteiger partial charge in [0.05, 0.1) is 6.61 Å². The molecule has 0 aliphatic heterocycles. The lowest BCUT2D eigenvalue weighted by Gasteiger charge is -2.26. The van der Waals surface area contributed by atoms with E-state index in [4.69, 9.17) is 30.6 Å². The average molecular weight is 328 g/mol. The second-order valence-corrected chi connectivity index (χ2v) is 4.15. The number of aliphatic hydroxyl groups is 6. The van der Waals surface area contributed by atoms with E-state index in [1.165, 1.54) is 0 Å². The van der Waals surface area contributed by atoms with Crippen molar-refractivity contribution in [3.63, 3.8) is 0 Å². The van der Waals surface area contributed by atoms with Gasteiger partial charge in [0.2, 0.25) is 6.10 Å². The Kier molecular flexibility index (Phi) is 7.86. The van der Waals surface area contributed by atoms with E-state index in [-0.39, 0.29) is 0 Å². The molecule has 0 heterocycles. The number of aliphatic carboxylic acids is 2. The van der Waals surface area contributed by atoms with Gasteiger partial charge < -0.3 is 45.6 Å². The van der Waals surface area contributed by atoms with Gasteiger partial charge in [-0.05, 0) is 0 Å². The van der Waals surface area contributed by atoms with Gasteiger partial charge in [0.1, 0.15) is 18.3 Å². The Hall–Kier alpha value is -1.83. The largest absolute Gasteiger partial charge is 0.479 e. The van der Waals surface area contributed by atoms with Crippen LogP contribution >= 0.6 is 0 Å². The number of carboxylic acids is 2. The second-order valence-electron chi connectivity index (χ2n) is 4.15. The molecule has 22 heavy (non-hydrogen) atoms. The zero-order chi connectivity index (χ0) is 17.6. The maximum absolute atomic E-state index is 11.3. The Bertz CT molecular complexity index is 409. The van der Waals surface area contributed by atoms with E-state index in [0.29, 0.717) is 0 Å². The van der Waals surface area contributed by atoms with Gasteiger partial charge in [-0.25, -0.2) is 14.4 Å². The molecular formula is C10H16O12. The zero-order valence-electron chi connectivity index (χ0n) is 10.9. The van der Waals surface area contributed by atoms with Crippen molar-refractivity contribution in [3.05, 3.63) is 0 Å². The molecule has 0 aromatic heterocycles. The van der Waals surface area contributed by atoms with E-state index in [0.717, 1.165) is 0 Å². The van der Waals surface area contributed by atoms with Crippen molar-refractivity contribution in [2.75, 3.05) is 6.61 Å². The summed E-state index contributed by atoms with van der Waals surface area (Å²) in [4.78, 5) is 32.5. The third-order valence-corrected chi connectivity index (χ3v) is 2.52. The number of ether oxygens (including phenoxy) is 1. The highest BCUT2D eigenvalue weighted by atomic mass is 16.6. The standard InChI is InChI=1S/C10H16O12/c11-1-2(12)3(13)4(14)7(9(19)20)22-10(21)6(16)5(15)8(17)18/h2-7,11-16H,1H2,(H,17,18)(H,19,20)/t2-,3-,4+,5?,6?,7-/m1/s1. The van der Waals surface area contributed by atoms with Crippen LogP contribution in [-0.4, -0.2) is 102 Å². The molecule has 0 aliphatic rings. The molecule has 0 fully saturated rings. The average Bonchev–Trinajstić information content (AvgIpc) is 2.47. The van der Waals surface area contributed by atoms with E-state index >= 15 is 0 Å². The van der Waals surface area contributed by atoms with E-state index in [1.54, 1.807) is 0 Å². The number of esters is 1. The SMILES string of the molecule is O=C(O)C(O)C(O)C(=O)O[C@@H](C(=O)O)[C@@H](O)[C@H](O)[C@H](O)CO. The van der Waals surface area contributed by atoms with E-state index in [2.05, 4.69) is 4.74 Å². The minimum Gasteiger partial charge on any atom is -0.479 e. The molecule has 0 aromatic rings. The molecule has 0 spiro atoms. The molecule has 6 atom stereocenters. The molecular weight excluding hydrogens is 312 g/mol. The van der Waals surface area contributed by atoms with Gasteiger partial charge in [0, 0.05) is 0 Å².